The van der Waals surface area contributed by atoms with Gasteiger partial charge in [-0.25, -0.2) is 19.2 Å². The molecule has 0 aromatic rings. The number of hydrogen-bond donors (Lipinski definition) is 4. The van der Waals surface area contributed by atoms with Gasteiger partial charge in [-0.15, -0.1) is 0 Å². The van der Waals surface area contributed by atoms with E-state index < -0.39 is 35.0 Å². The van der Waals surface area contributed by atoms with Gasteiger partial charge in [-0.2, -0.15) is 0 Å². The Morgan fingerprint density at radius 3 is 0.875 bits per heavy atom. The van der Waals surface area contributed by atoms with E-state index >= 15 is 0 Å². The van der Waals surface area contributed by atoms with Crippen LogP contribution in [-0.2, 0) is 19.2 Å². The molecule has 0 bridgehead atoms. The minimum Gasteiger partial charge on any atom is -0.477 e. The summed E-state index contributed by atoms with van der Waals surface area (Å²) in [6, 6.07) is 0. The van der Waals surface area contributed by atoms with Crippen molar-refractivity contribution in [3.05, 3.63) is 23.3 Å². The van der Waals surface area contributed by atoms with Crippen LogP contribution < -0.4 is 0 Å². The molecule has 4 N–H and O–H groups in total. The van der Waals surface area contributed by atoms with E-state index in [1.54, 1.807) is 0 Å². The zero-order valence-corrected chi connectivity index (χ0v) is 7.58. The van der Waals surface area contributed by atoms with E-state index in [-0.39, 0.29) is 0 Å². The van der Waals surface area contributed by atoms with E-state index in [2.05, 4.69) is 0 Å². The Hall–Kier alpha value is -2.64. The van der Waals surface area contributed by atoms with Crippen molar-refractivity contribution in [2.75, 3.05) is 0 Å². The maximum absolute atomic E-state index is 10.3. The molecule has 16 heavy (non-hydrogen) atoms. The molecule has 0 spiro atoms. The van der Waals surface area contributed by atoms with Gasteiger partial charge in [0.25, 0.3) is 0 Å². The van der Waals surface area contributed by atoms with Crippen molar-refractivity contribution in [3.8, 4) is 0 Å². The first-order chi connectivity index (χ1) is 7.27. The Labute approximate surface area is 87.7 Å². The fourth-order valence-corrected chi connectivity index (χ4v) is 0.635. The van der Waals surface area contributed by atoms with Gasteiger partial charge in [-0.1, -0.05) is 0 Å². The fraction of sp³-hybridized carbons (Fsp3) is 0. The summed E-state index contributed by atoms with van der Waals surface area (Å²) in [5.41, 5.74) is -2.28. The number of aliphatic carboxylic acids is 4. The van der Waals surface area contributed by atoms with Gasteiger partial charge in [-0.05, 0) is 12.2 Å². The molecule has 0 fully saturated rings. The Kier molecular flexibility index (Phi) is 4.42. The van der Waals surface area contributed by atoms with Gasteiger partial charge in [0.1, 0.15) is 11.1 Å². The molecule has 0 unspecified atom stereocenters. The quantitative estimate of drug-likeness (QED) is 0.207. The summed E-state index contributed by atoms with van der Waals surface area (Å²) in [6.45, 7) is 0. The van der Waals surface area contributed by atoms with Gasteiger partial charge in [0.2, 0.25) is 0 Å². The lowest BCUT2D eigenvalue weighted by atomic mass is 10.2. The molecular formula is C8H6O8. The number of hydrogen-bond acceptors (Lipinski definition) is 4. The number of carbonyl (C=O) groups is 4. The molecule has 0 aliphatic rings. The topological polar surface area (TPSA) is 149 Å². The van der Waals surface area contributed by atoms with Crippen LogP contribution in [0.15, 0.2) is 23.3 Å². The molecule has 86 valence electrons. The molecule has 0 aliphatic heterocycles. The highest BCUT2D eigenvalue weighted by Crippen LogP contribution is 2.01. The van der Waals surface area contributed by atoms with Crippen LogP contribution in [0, 0.1) is 0 Å². The molecule has 0 saturated carbocycles. The van der Waals surface area contributed by atoms with E-state index in [0.29, 0.717) is 12.2 Å². The Bertz CT molecular complexity index is 342. The monoisotopic (exact) mass is 230 g/mol. The molecule has 0 rings (SSSR count). The molecule has 0 amide bonds. The smallest absolute Gasteiger partial charge is 0.343 e. The Morgan fingerprint density at radius 1 is 0.562 bits per heavy atom. The number of allylic oxidation sites excluding steroid dienone is 2. The standard InChI is InChI=1S/C8H6O8/c9-5(10)3(6(11)12)1-2-4(7(13)14)8(15)16/h1-2H,(H,9,10)(H,11,12)(H,13,14)(H,15,16). The first-order valence-corrected chi connectivity index (χ1v) is 3.62. The first kappa shape index (κ1) is 13.4. The molecule has 0 heterocycles. The minimum atomic E-state index is -1.81. The van der Waals surface area contributed by atoms with Gasteiger partial charge < -0.3 is 20.4 Å². The van der Waals surface area contributed by atoms with Gasteiger partial charge in [0.05, 0.1) is 0 Å². The lowest BCUT2D eigenvalue weighted by Gasteiger charge is -1.94. The van der Waals surface area contributed by atoms with Crippen LogP contribution in [0.2, 0.25) is 0 Å². The number of carboxylic acid groups (broad SMARTS) is 4. The van der Waals surface area contributed by atoms with Crippen LogP contribution in [0.5, 0.6) is 0 Å². The van der Waals surface area contributed by atoms with Crippen molar-refractivity contribution >= 4 is 23.9 Å². The van der Waals surface area contributed by atoms with Gasteiger partial charge in [-0.3, -0.25) is 0 Å². The Morgan fingerprint density at radius 2 is 0.750 bits per heavy atom. The minimum absolute atomic E-state index is 0.391. The van der Waals surface area contributed by atoms with Gasteiger partial charge in [0, 0.05) is 0 Å². The zero-order chi connectivity index (χ0) is 12.9. The molecule has 0 atom stereocenters. The van der Waals surface area contributed by atoms with Crippen molar-refractivity contribution in [3.63, 3.8) is 0 Å². The summed E-state index contributed by atoms with van der Waals surface area (Å²) in [5.74, 6) is -7.23. The Balaban J connectivity index is 5.36. The van der Waals surface area contributed by atoms with Crippen molar-refractivity contribution in [1.82, 2.24) is 0 Å². The summed E-state index contributed by atoms with van der Waals surface area (Å²) in [6.07, 6.45) is 0.782. The van der Waals surface area contributed by atoms with Crippen LogP contribution in [-0.4, -0.2) is 44.3 Å². The van der Waals surface area contributed by atoms with Crippen LogP contribution in [0.1, 0.15) is 0 Å². The van der Waals surface area contributed by atoms with Crippen LogP contribution in [0.4, 0.5) is 0 Å². The zero-order valence-electron chi connectivity index (χ0n) is 7.58. The number of rotatable bonds is 5. The molecule has 0 aliphatic carbocycles. The fourth-order valence-electron chi connectivity index (χ4n) is 0.635. The van der Waals surface area contributed by atoms with Gasteiger partial charge in [0.15, 0.2) is 0 Å². The van der Waals surface area contributed by atoms with Crippen molar-refractivity contribution in [1.29, 1.82) is 0 Å². The summed E-state index contributed by atoms with van der Waals surface area (Å²) in [4.78, 5) is 41.3. The largest absolute Gasteiger partial charge is 0.477 e. The molecule has 8 nitrogen and oxygen atoms in total. The molecule has 8 heteroatoms. The normalized spacial score (nSPS) is 8.75. The van der Waals surface area contributed by atoms with Crippen molar-refractivity contribution < 1.29 is 39.6 Å². The molecule has 0 aromatic heterocycles. The highest BCUT2D eigenvalue weighted by Gasteiger charge is 2.18. The van der Waals surface area contributed by atoms with Crippen LogP contribution in [0.25, 0.3) is 0 Å². The molecule has 0 saturated heterocycles. The van der Waals surface area contributed by atoms with Gasteiger partial charge >= 0.3 is 23.9 Å². The average Bonchev–Trinajstić information content (AvgIpc) is 2.09. The highest BCUT2D eigenvalue weighted by atomic mass is 16.4. The van der Waals surface area contributed by atoms with Crippen molar-refractivity contribution in [2.45, 2.75) is 0 Å². The lowest BCUT2D eigenvalue weighted by molar-refractivity contribution is -0.142. The highest BCUT2D eigenvalue weighted by molar-refractivity contribution is 6.15. The first-order valence-electron chi connectivity index (χ1n) is 3.62. The van der Waals surface area contributed by atoms with E-state index in [9.17, 15) is 19.2 Å². The van der Waals surface area contributed by atoms with Crippen LogP contribution >= 0.6 is 0 Å². The maximum Gasteiger partial charge on any atom is 0.343 e. The van der Waals surface area contributed by atoms with E-state index in [1.807, 2.05) is 0 Å². The lowest BCUT2D eigenvalue weighted by Crippen LogP contribution is -2.13. The van der Waals surface area contributed by atoms with Crippen LogP contribution in [0.3, 0.4) is 0 Å². The summed E-state index contributed by atoms with van der Waals surface area (Å²) < 4.78 is 0. The third kappa shape index (κ3) is 3.62. The molecule has 0 aromatic carbocycles. The molecular weight excluding hydrogens is 224 g/mol. The summed E-state index contributed by atoms with van der Waals surface area (Å²) >= 11 is 0. The predicted octanol–water partition coefficient (Wildman–Crippen LogP) is -0.822. The predicted molar refractivity (Wildman–Crippen MR) is 46.7 cm³/mol. The van der Waals surface area contributed by atoms with E-state index in [4.69, 9.17) is 20.4 Å². The molecule has 0 radical (unpaired) electrons. The second kappa shape index (κ2) is 5.29. The SMILES string of the molecule is O=C(O)C(=CC=C(C(=O)O)C(=O)O)C(=O)O. The summed E-state index contributed by atoms with van der Waals surface area (Å²) in [5, 5.41) is 33.4. The maximum atomic E-state index is 10.3. The second-order valence-electron chi connectivity index (χ2n) is 2.38. The van der Waals surface area contributed by atoms with Crippen molar-refractivity contribution in [2.24, 2.45) is 0 Å². The third-order valence-electron chi connectivity index (χ3n) is 1.34. The summed E-state index contributed by atoms with van der Waals surface area (Å²) in [7, 11) is 0. The number of carboxylic acids is 4. The van der Waals surface area contributed by atoms with E-state index in [0.717, 1.165) is 0 Å². The second-order valence-corrected chi connectivity index (χ2v) is 2.38. The average molecular weight is 230 g/mol. The third-order valence-corrected chi connectivity index (χ3v) is 1.34. The van der Waals surface area contributed by atoms with E-state index in [1.165, 1.54) is 0 Å².